The number of carboxylic acid groups (broad SMARTS) is 1. The Balaban J connectivity index is 0.000000424. The largest absolute Gasteiger partial charge is 0.483 e. The summed E-state index contributed by atoms with van der Waals surface area (Å²) in [5.74, 6) is 1.21. The molecule has 1 N–H and O–H groups in total. The topological polar surface area (TPSA) is 55.1 Å². The molecule has 0 atom stereocenters. The van der Waals surface area contributed by atoms with Crippen molar-refractivity contribution in [1.82, 2.24) is 9.55 Å². The van der Waals surface area contributed by atoms with Crippen molar-refractivity contribution >= 4 is 6.47 Å². The summed E-state index contributed by atoms with van der Waals surface area (Å²) in [6.45, 7) is 5.10. The summed E-state index contributed by atoms with van der Waals surface area (Å²) in [7, 11) is 0. The van der Waals surface area contributed by atoms with Crippen molar-refractivity contribution in [2.45, 2.75) is 33.2 Å². The lowest BCUT2D eigenvalue weighted by molar-refractivity contribution is -0.122. The molecule has 0 amide bonds. The van der Waals surface area contributed by atoms with Gasteiger partial charge < -0.3 is 9.67 Å². The van der Waals surface area contributed by atoms with Crippen LogP contribution in [0.1, 0.15) is 26.1 Å². The van der Waals surface area contributed by atoms with Gasteiger partial charge in [-0.2, -0.15) is 0 Å². The van der Waals surface area contributed by atoms with Gasteiger partial charge in [0.15, 0.2) is 0 Å². The van der Waals surface area contributed by atoms with E-state index in [-0.39, 0.29) is 6.47 Å². The van der Waals surface area contributed by atoms with Crippen molar-refractivity contribution in [3.8, 4) is 0 Å². The zero-order valence-corrected chi connectivity index (χ0v) is 8.10. The van der Waals surface area contributed by atoms with Crippen LogP contribution in [0.4, 0.5) is 0 Å². The van der Waals surface area contributed by atoms with E-state index in [2.05, 4.69) is 23.4 Å². The Kier molecular flexibility index (Phi) is 6.59. The number of aryl methyl sites for hydroxylation is 2. The van der Waals surface area contributed by atoms with Crippen molar-refractivity contribution in [3.05, 3.63) is 18.2 Å². The second-order valence-corrected chi connectivity index (χ2v) is 2.48. The lowest BCUT2D eigenvalue weighted by atomic mass is 10.3. The second kappa shape index (κ2) is 7.34. The van der Waals surface area contributed by atoms with E-state index in [0.29, 0.717) is 0 Å². The molecule has 0 aliphatic carbocycles. The molecular formula is C9H16N2O2. The molecule has 0 radical (unpaired) electrons. The van der Waals surface area contributed by atoms with E-state index < -0.39 is 0 Å². The summed E-state index contributed by atoms with van der Waals surface area (Å²) in [5.41, 5.74) is 0. The van der Waals surface area contributed by atoms with Gasteiger partial charge in [-0.05, 0) is 13.3 Å². The highest BCUT2D eigenvalue weighted by Gasteiger charge is 1.96. The molecule has 0 bridgehead atoms. The summed E-state index contributed by atoms with van der Waals surface area (Å²) < 4.78 is 2.18. The lowest BCUT2D eigenvalue weighted by Crippen LogP contribution is -1.99. The first-order chi connectivity index (χ1) is 6.29. The molecule has 1 rings (SSSR count). The van der Waals surface area contributed by atoms with E-state index >= 15 is 0 Å². The number of nitrogens with zero attached hydrogens (tertiary/aromatic N) is 2. The van der Waals surface area contributed by atoms with E-state index in [1.807, 2.05) is 12.4 Å². The van der Waals surface area contributed by atoms with E-state index in [4.69, 9.17) is 9.90 Å². The van der Waals surface area contributed by atoms with Gasteiger partial charge >= 0.3 is 0 Å². The fourth-order valence-corrected chi connectivity index (χ4v) is 1.08. The van der Waals surface area contributed by atoms with Gasteiger partial charge in [0.2, 0.25) is 0 Å². The zero-order chi connectivity index (χ0) is 10.1. The fourth-order valence-electron chi connectivity index (χ4n) is 1.08. The molecule has 1 aromatic heterocycles. The third-order valence-electron chi connectivity index (χ3n) is 1.62. The Morgan fingerprint density at radius 3 is 2.69 bits per heavy atom. The minimum absolute atomic E-state index is 0.250. The van der Waals surface area contributed by atoms with Crippen LogP contribution < -0.4 is 0 Å². The highest BCUT2D eigenvalue weighted by molar-refractivity contribution is 5.32. The molecule has 0 unspecified atom stereocenters. The maximum Gasteiger partial charge on any atom is 0.290 e. The fraction of sp³-hybridized carbons (Fsp3) is 0.556. The average molecular weight is 184 g/mol. The molecule has 0 aromatic carbocycles. The molecule has 13 heavy (non-hydrogen) atoms. The quantitative estimate of drug-likeness (QED) is 0.725. The number of carbonyl (C=O) groups is 1. The number of rotatable bonds is 3. The molecule has 1 aromatic rings. The van der Waals surface area contributed by atoms with Gasteiger partial charge in [0.1, 0.15) is 5.82 Å². The normalized spacial score (nSPS) is 8.77. The summed E-state index contributed by atoms with van der Waals surface area (Å²) >= 11 is 0. The van der Waals surface area contributed by atoms with Crippen molar-refractivity contribution in [2.75, 3.05) is 0 Å². The Morgan fingerprint density at radius 2 is 2.23 bits per heavy atom. The minimum atomic E-state index is -0.250. The first-order valence-corrected chi connectivity index (χ1v) is 4.37. The lowest BCUT2D eigenvalue weighted by Gasteiger charge is -2.00. The Labute approximate surface area is 78.2 Å². The van der Waals surface area contributed by atoms with Crippen molar-refractivity contribution in [1.29, 1.82) is 0 Å². The van der Waals surface area contributed by atoms with Crippen LogP contribution in [0, 0.1) is 0 Å². The van der Waals surface area contributed by atoms with E-state index in [1.165, 1.54) is 12.2 Å². The smallest absolute Gasteiger partial charge is 0.290 e. The number of hydrogen-bond acceptors (Lipinski definition) is 2. The van der Waals surface area contributed by atoms with Crippen molar-refractivity contribution in [2.24, 2.45) is 0 Å². The minimum Gasteiger partial charge on any atom is -0.483 e. The average Bonchev–Trinajstić information content (AvgIpc) is 2.54. The summed E-state index contributed by atoms with van der Waals surface area (Å²) in [6.07, 6.45) is 6.18. The molecule has 0 aliphatic rings. The standard InChI is InChI=1S/C8H14N2.CH2O2/c1-3-5-8-9-6-7-10(8)4-2;2-1-3/h6-7H,3-5H2,1-2H3;1H,(H,2,3). The molecule has 4 heteroatoms. The predicted octanol–water partition coefficient (Wildman–Crippen LogP) is 1.56. The third kappa shape index (κ3) is 4.30. The third-order valence-corrected chi connectivity index (χ3v) is 1.62. The van der Waals surface area contributed by atoms with E-state index in [0.717, 1.165) is 13.0 Å². The van der Waals surface area contributed by atoms with Crippen LogP contribution in [0.2, 0.25) is 0 Å². The molecule has 1 heterocycles. The van der Waals surface area contributed by atoms with Gasteiger partial charge in [0.25, 0.3) is 6.47 Å². The summed E-state index contributed by atoms with van der Waals surface area (Å²) in [4.78, 5) is 12.6. The van der Waals surface area contributed by atoms with Gasteiger partial charge in [-0.25, -0.2) is 4.98 Å². The maximum absolute atomic E-state index is 8.36. The van der Waals surface area contributed by atoms with Crippen molar-refractivity contribution < 1.29 is 9.90 Å². The molecule has 0 saturated heterocycles. The van der Waals surface area contributed by atoms with Crippen molar-refractivity contribution in [3.63, 3.8) is 0 Å². The number of imidazole rings is 1. The van der Waals surface area contributed by atoms with Gasteiger partial charge in [0.05, 0.1) is 0 Å². The SMILES string of the molecule is CCCc1nccn1CC.O=CO. The zero-order valence-electron chi connectivity index (χ0n) is 8.10. The van der Waals surface area contributed by atoms with E-state index in [1.54, 1.807) is 0 Å². The van der Waals surface area contributed by atoms with Crippen LogP contribution in [0.15, 0.2) is 12.4 Å². The monoisotopic (exact) mass is 184 g/mol. The number of hydrogen-bond donors (Lipinski definition) is 1. The maximum atomic E-state index is 8.36. The number of aromatic nitrogens is 2. The molecule has 74 valence electrons. The molecule has 4 nitrogen and oxygen atoms in total. The van der Waals surface area contributed by atoms with Crippen LogP contribution in [0.5, 0.6) is 0 Å². The Bertz CT molecular complexity index is 233. The van der Waals surface area contributed by atoms with Gasteiger partial charge in [-0.1, -0.05) is 6.92 Å². The highest BCUT2D eigenvalue weighted by Crippen LogP contribution is 1.99. The first kappa shape index (κ1) is 11.7. The van der Waals surface area contributed by atoms with Crippen LogP contribution in [-0.2, 0) is 17.8 Å². The van der Waals surface area contributed by atoms with Gasteiger partial charge in [0, 0.05) is 25.4 Å². The molecular weight excluding hydrogens is 168 g/mol. The van der Waals surface area contributed by atoms with Crippen LogP contribution in [-0.4, -0.2) is 21.1 Å². The van der Waals surface area contributed by atoms with Crippen LogP contribution in [0.25, 0.3) is 0 Å². The van der Waals surface area contributed by atoms with Crippen LogP contribution in [0.3, 0.4) is 0 Å². The first-order valence-electron chi connectivity index (χ1n) is 4.37. The molecule has 0 aliphatic heterocycles. The molecule has 0 spiro atoms. The highest BCUT2D eigenvalue weighted by atomic mass is 16.3. The van der Waals surface area contributed by atoms with Gasteiger partial charge in [-0.3, -0.25) is 4.79 Å². The van der Waals surface area contributed by atoms with Gasteiger partial charge in [-0.15, -0.1) is 0 Å². The molecule has 0 saturated carbocycles. The summed E-state index contributed by atoms with van der Waals surface area (Å²) in [5, 5.41) is 6.89. The Morgan fingerprint density at radius 1 is 1.62 bits per heavy atom. The Hall–Kier alpha value is -1.32. The second-order valence-electron chi connectivity index (χ2n) is 2.48. The van der Waals surface area contributed by atoms with E-state index in [9.17, 15) is 0 Å². The van der Waals surface area contributed by atoms with Crippen LogP contribution >= 0.6 is 0 Å². The summed E-state index contributed by atoms with van der Waals surface area (Å²) in [6, 6.07) is 0. The molecule has 0 fully saturated rings. The predicted molar refractivity (Wildman–Crippen MR) is 50.6 cm³/mol.